The first-order chi connectivity index (χ1) is 7.24. The highest BCUT2D eigenvalue weighted by Gasteiger charge is 2.03. The van der Waals surface area contributed by atoms with E-state index in [1.54, 1.807) is 24.3 Å². The largest absolute Gasteiger partial charge is 0.375 e. The van der Waals surface area contributed by atoms with Crippen LogP contribution in [0.2, 0.25) is 5.02 Å². The Hall–Kier alpha value is -1.06. The van der Waals surface area contributed by atoms with Gasteiger partial charge in [-0.2, -0.15) is 0 Å². The Balaban J connectivity index is 0.000000921. The van der Waals surface area contributed by atoms with Crippen LogP contribution in [0.25, 0.3) is 0 Å². The Bertz CT molecular complexity index is 302. The number of carbonyl (C=O) groups is 1. The summed E-state index contributed by atoms with van der Waals surface area (Å²) in [6, 6.07) is 7.04. The molecule has 1 rings (SSSR count). The van der Waals surface area contributed by atoms with Crippen molar-refractivity contribution in [2.75, 3.05) is 19.0 Å². The van der Waals surface area contributed by atoms with Gasteiger partial charge >= 0.3 is 0 Å². The first-order valence-electron chi connectivity index (χ1n) is 4.77. The predicted molar refractivity (Wildman–Crippen MR) is 63.3 cm³/mol. The third kappa shape index (κ3) is 5.40. The maximum Gasteiger partial charge on any atom is 0.250 e. The van der Waals surface area contributed by atoms with Gasteiger partial charge < -0.3 is 10.1 Å². The lowest BCUT2D eigenvalue weighted by Crippen LogP contribution is -2.17. The Morgan fingerprint density at radius 2 is 2.00 bits per heavy atom. The summed E-state index contributed by atoms with van der Waals surface area (Å²) in [7, 11) is 1.46. The van der Waals surface area contributed by atoms with Crippen molar-refractivity contribution in [2.45, 2.75) is 13.8 Å². The molecule has 0 unspecified atom stereocenters. The number of para-hydroxylation sites is 1. The molecule has 0 heterocycles. The van der Waals surface area contributed by atoms with E-state index < -0.39 is 0 Å². The Kier molecular flexibility index (Phi) is 7.68. The molecule has 0 radical (unpaired) electrons. The van der Waals surface area contributed by atoms with E-state index >= 15 is 0 Å². The number of halogens is 1. The van der Waals surface area contributed by atoms with Crippen LogP contribution in [-0.4, -0.2) is 19.6 Å². The monoisotopic (exact) mass is 229 g/mol. The van der Waals surface area contributed by atoms with Crippen LogP contribution in [-0.2, 0) is 9.53 Å². The van der Waals surface area contributed by atoms with E-state index in [9.17, 15) is 4.79 Å². The zero-order valence-electron chi connectivity index (χ0n) is 9.21. The molecule has 84 valence electrons. The molecule has 0 saturated carbocycles. The van der Waals surface area contributed by atoms with Crippen LogP contribution in [0.4, 0.5) is 5.69 Å². The second-order valence-corrected chi connectivity index (χ2v) is 2.87. The molecule has 0 atom stereocenters. The van der Waals surface area contributed by atoms with Crippen LogP contribution in [0.15, 0.2) is 24.3 Å². The quantitative estimate of drug-likeness (QED) is 0.866. The summed E-state index contributed by atoms with van der Waals surface area (Å²) in [4.78, 5) is 11.1. The summed E-state index contributed by atoms with van der Waals surface area (Å²) in [5.41, 5.74) is 0.603. The number of benzene rings is 1. The predicted octanol–water partition coefficient (Wildman–Crippen LogP) is 2.95. The number of ether oxygens (including phenoxy) is 1. The van der Waals surface area contributed by atoms with E-state index in [0.717, 1.165) is 0 Å². The third-order valence-electron chi connectivity index (χ3n) is 1.42. The molecule has 1 aromatic carbocycles. The molecule has 0 saturated heterocycles. The zero-order chi connectivity index (χ0) is 11.7. The number of hydrogen-bond acceptors (Lipinski definition) is 2. The molecule has 1 N–H and O–H groups in total. The molecule has 3 nitrogen and oxygen atoms in total. The van der Waals surface area contributed by atoms with E-state index in [2.05, 4.69) is 10.1 Å². The van der Waals surface area contributed by atoms with Crippen molar-refractivity contribution in [3.05, 3.63) is 29.3 Å². The number of hydrogen-bond donors (Lipinski definition) is 1. The summed E-state index contributed by atoms with van der Waals surface area (Å²) in [6.07, 6.45) is 0. The van der Waals surface area contributed by atoms with Gasteiger partial charge in [0.15, 0.2) is 0 Å². The SMILES string of the molecule is CC.COCC(=O)Nc1ccccc1Cl. The lowest BCUT2D eigenvalue weighted by Gasteiger charge is -2.05. The molecule has 0 aliphatic rings. The normalized spacial score (nSPS) is 8.80. The van der Waals surface area contributed by atoms with Crippen molar-refractivity contribution in [3.8, 4) is 0 Å². The number of rotatable bonds is 3. The van der Waals surface area contributed by atoms with E-state index in [-0.39, 0.29) is 12.5 Å². The number of nitrogens with one attached hydrogen (secondary N) is 1. The number of carbonyl (C=O) groups excluding carboxylic acids is 1. The molecule has 0 bridgehead atoms. The molecule has 15 heavy (non-hydrogen) atoms. The van der Waals surface area contributed by atoms with Crippen molar-refractivity contribution in [2.24, 2.45) is 0 Å². The van der Waals surface area contributed by atoms with Crippen molar-refractivity contribution in [1.82, 2.24) is 0 Å². The minimum absolute atomic E-state index is 0.0330. The Morgan fingerprint density at radius 1 is 1.40 bits per heavy atom. The van der Waals surface area contributed by atoms with Gasteiger partial charge in [-0.1, -0.05) is 37.6 Å². The van der Waals surface area contributed by atoms with Gasteiger partial charge in [-0.3, -0.25) is 4.79 Å². The van der Waals surface area contributed by atoms with Gasteiger partial charge in [0.05, 0.1) is 10.7 Å². The van der Waals surface area contributed by atoms with E-state index in [1.165, 1.54) is 7.11 Å². The van der Waals surface area contributed by atoms with Gasteiger partial charge in [0.2, 0.25) is 5.91 Å². The first-order valence-corrected chi connectivity index (χ1v) is 5.15. The number of amides is 1. The highest BCUT2D eigenvalue weighted by molar-refractivity contribution is 6.33. The average molecular weight is 230 g/mol. The summed E-state index contributed by atoms with van der Waals surface area (Å²) in [6.45, 7) is 4.03. The minimum atomic E-state index is -0.212. The van der Waals surface area contributed by atoms with Crippen molar-refractivity contribution < 1.29 is 9.53 Å². The maximum absolute atomic E-state index is 11.1. The highest BCUT2D eigenvalue weighted by atomic mass is 35.5. The molecule has 1 aromatic rings. The van der Waals surface area contributed by atoms with Gasteiger partial charge in [0.25, 0.3) is 0 Å². The van der Waals surface area contributed by atoms with Crippen LogP contribution >= 0.6 is 11.6 Å². The maximum atomic E-state index is 11.1. The second kappa shape index (κ2) is 8.26. The van der Waals surface area contributed by atoms with Crippen LogP contribution in [0.1, 0.15) is 13.8 Å². The van der Waals surface area contributed by atoms with Crippen molar-refractivity contribution in [3.63, 3.8) is 0 Å². The summed E-state index contributed by atoms with van der Waals surface area (Å²) < 4.78 is 4.66. The lowest BCUT2D eigenvalue weighted by molar-refractivity contribution is -0.119. The molecule has 0 aliphatic heterocycles. The van der Waals surface area contributed by atoms with Crippen LogP contribution in [0.5, 0.6) is 0 Å². The standard InChI is InChI=1S/C9H10ClNO2.C2H6/c1-13-6-9(12)11-8-5-3-2-4-7(8)10;1-2/h2-5H,6H2,1H3,(H,11,12);1-2H3. The van der Waals surface area contributed by atoms with Crippen LogP contribution in [0.3, 0.4) is 0 Å². The fraction of sp³-hybridized carbons (Fsp3) is 0.364. The smallest absolute Gasteiger partial charge is 0.250 e. The average Bonchev–Trinajstić information content (AvgIpc) is 2.25. The van der Waals surface area contributed by atoms with Gasteiger partial charge in [0, 0.05) is 7.11 Å². The molecule has 0 fully saturated rings. The van der Waals surface area contributed by atoms with Gasteiger partial charge in [-0.25, -0.2) is 0 Å². The first kappa shape index (κ1) is 13.9. The molecule has 0 aliphatic carbocycles. The van der Waals surface area contributed by atoms with Crippen LogP contribution < -0.4 is 5.32 Å². The Labute approximate surface area is 95.4 Å². The lowest BCUT2D eigenvalue weighted by atomic mass is 10.3. The summed E-state index contributed by atoms with van der Waals surface area (Å²) >= 11 is 5.81. The molecular formula is C11H16ClNO2. The van der Waals surface area contributed by atoms with Crippen molar-refractivity contribution >= 4 is 23.2 Å². The summed E-state index contributed by atoms with van der Waals surface area (Å²) in [5.74, 6) is -0.212. The fourth-order valence-electron chi connectivity index (χ4n) is 0.880. The van der Waals surface area contributed by atoms with Crippen molar-refractivity contribution in [1.29, 1.82) is 0 Å². The van der Waals surface area contributed by atoms with Gasteiger partial charge in [-0.15, -0.1) is 0 Å². The van der Waals surface area contributed by atoms with E-state index in [1.807, 2.05) is 13.8 Å². The highest BCUT2D eigenvalue weighted by Crippen LogP contribution is 2.19. The topological polar surface area (TPSA) is 38.3 Å². The minimum Gasteiger partial charge on any atom is -0.375 e. The van der Waals surface area contributed by atoms with Crippen LogP contribution in [0, 0.1) is 0 Å². The summed E-state index contributed by atoms with van der Waals surface area (Å²) in [5, 5.41) is 3.14. The molecule has 4 heteroatoms. The Morgan fingerprint density at radius 3 is 2.53 bits per heavy atom. The molecular weight excluding hydrogens is 214 g/mol. The second-order valence-electron chi connectivity index (χ2n) is 2.46. The molecule has 1 amide bonds. The third-order valence-corrected chi connectivity index (χ3v) is 1.75. The molecule has 0 aromatic heterocycles. The van der Waals surface area contributed by atoms with E-state index in [0.29, 0.717) is 10.7 Å². The fourth-order valence-corrected chi connectivity index (χ4v) is 1.06. The van der Waals surface area contributed by atoms with Gasteiger partial charge in [0.1, 0.15) is 6.61 Å². The van der Waals surface area contributed by atoms with Gasteiger partial charge in [-0.05, 0) is 12.1 Å². The molecule has 0 spiro atoms. The number of anilines is 1. The number of methoxy groups -OCH3 is 1. The van der Waals surface area contributed by atoms with E-state index in [4.69, 9.17) is 11.6 Å². The zero-order valence-corrected chi connectivity index (χ0v) is 9.97.